The van der Waals surface area contributed by atoms with Crippen molar-refractivity contribution in [2.24, 2.45) is 0 Å². The average molecular weight is 510 g/mol. The van der Waals surface area contributed by atoms with E-state index in [0.717, 1.165) is 0 Å². The van der Waals surface area contributed by atoms with Crippen LogP contribution in [-0.2, 0) is 0 Å². The van der Waals surface area contributed by atoms with Crippen LogP contribution in [0.25, 0.3) is 0 Å². The van der Waals surface area contributed by atoms with E-state index < -0.39 is 40.6 Å². The number of amides is 2. The second-order valence-corrected chi connectivity index (χ2v) is 8.12. The first-order chi connectivity index (χ1) is 16.7. The molecule has 182 valence electrons. The lowest BCUT2D eigenvalue weighted by Crippen LogP contribution is -2.48. The number of benzene rings is 3. The minimum atomic E-state index is -2.35. The quantitative estimate of drug-likeness (QED) is 0.297. The lowest BCUT2D eigenvalue weighted by atomic mass is 10.1. The van der Waals surface area contributed by atoms with E-state index in [1.54, 1.807) is 35.2 Å². The van der Waals surface area contributed by atoms with Gasteiger partial charge in [-0.15, -0.1) is 0 Å². The van der Waals surface area contributed by atoms with Crippen LogP contribution >= 0.6 is 11.6 Å². The molecule has 0 radical (unpaired) electrons. The van der Waals surface area contributed by atoms with Crippen molar-refractivity contribution in [2.75, 3.05) is 36.4 Å². The van der Waals surface area contributed by atoms with Crippen LogP contribution in [-0.4, -0.2) is 42.9 Å². The number of piperazine rings is 1. The number of nitrogens with one attached hydrogen (secondary N) is 1. The summed E-state index contributed by atoms with van der Waals surface area (Å²) in [7, 11) is 0. The molecule has 1 aliphatic rings. The Balaban J connectivity index is 1.45. The Labute approximate surface area is 201 Å². The maximum atomic E-state index is 13.9. The number of hydrogen-bond acceptors (Lipinski definition) is 3. The predicted molar refractivity (Wildman–Crippen MR) is 120 cm³/mol. The number of rotatable bonds is 4. The third-order valence-electron chi connectivity index (χ3n) is 5.57. The zero-order valence-electron chi connectivity index (χ0n) is 17.9. The smallest absolute Gasteiger partial charge is 0.261 e. The first-order valence-electron chi connectivity index (χ1n) is 10.4. The average Bonchev–Trinajstić information content (AvgIpc) is 2.87. The van der Waals surface area contributed by atoms with Crippen molar-refractivity contribution >= 4 is 34.8 Å². The molecule has 11 heteroatoms. The molecule has 35 heavy (non-hydrogen) atoms. The summed E-state index contributed by atoms with van der Waals surface area (Å²) >= 11 is 6.33. The molecule has 3 aromatic carbocycles. The Kier molecular flexibility index (Phi) is 6.93. The summed E-state index contributed by atoms with van der Waals surface area (Å²) in [4.78, 5) is 28.5. The molecule has 0 saturated carbocycles. The maximum absolute atomic E-state index is 13.9. The number of hydrogen-bond donors (Lipinski definition) is 1. The van der Waals surface area contributed by atoms with E-state index in [4.69, 9.17) is 11.6 Å². The van der Waals surface area contributed by atoms with E-state index in [0.29, 0.717) is 37.4 Å². The molecule has 1 heterocycles. The van der Waals surface area contributed by atoms with E-state index in [1.165, 1.54) is 12.1 Å². The largest absolute Gasteiger partial charge is 0.367 e. The summed E-state index contributed by atoms with van der Waals surface area (Å²) in [6.07, 6.45) is 0. The van der Waals surface area contributed by atoms with Gasteiger partial charge in [-0.2, -0.15) is 0 Å². The fourth-order valence-electron chi connectivity index (χ4n) is 3.75. The summed E-state index contributed by atoms with van der Waals surface area (Å²) in [5.41, 5.74) is -0.424. The third-order valence-corrected chi connectivity index (χ3v) is 5.87. The van der Waals surface area contributed by atoms with Gasteiger partial charge in [0.1, 0.15) is 5.56 Å². The lowest BCUT2D eigenvalue weighted by molar-refractivity contribution is 0.0746. The lowest BCUT2D eigenvalue weighted by Gasteiger charge is -2.36. The number of anilines is 2. The topological polar surface area (TPSA) is 52.7 Å². The highest BCUT2D eigenvalue weighted by Gasteiger charge is 2.30. The molecule has 0 bridgehead atoms. The zero-order chi connectivity index (χ0) is 25.3. The summed E-state index contributed by atoms with van der Waals surface area (Å²) in [5, 5.41) is 2.28. The summed E-state index contributed by atoms with van der Waals surface area (Å²) in [6, 6.07) is 13.1. The highest BCUT2D eigenvalue weighted by Crippen LogP contribution is 2.31. The molecule has 5 nitrogen and oxygen atoms in total. The van der Waals surface area contributed by atoms with Crippen molar-refractivity contribution in [3.05, 3.63) is 93.8 Å². The van der Waals surface area contributed by atoms with Gasteiger partial charge in [0, 0.05) is 37.4 Å². The van der Waals surface area contributed by atoms with Crippen molar-refractivity contribution in [1.29, 1.82) is 0 Å². The molecule has 1 N–H and O–H groups in total. The summed E-state index contributed by atoms with van der Waals surface area (Å²) in [5.74, 6) is -12.8. The summed E-state index contributed by atoms with van der Waals surface area (Å²) < 4.78 is 67.8. The van der Waals surface area contributed by atoms with Crippen molar-refractivity contribution in [2.45, 2.75) is 0 Å². The van der Waals surface area contributed by atoms with Gasteiger partial charge in [-0.05, 0) is 30.3 Å². The predicted octanol–water partition coefficient (Wildman–Crippen LogP) is 5.25. The first-order valence-corrected chi connectivity index (χ1v) is 10.8. The molecule has 0 spiro atoms. The van der Waals surface area contributed by atoms with E-state index in [1.807, 2.05) is 11.0 Å². The van der Waals surface area contributed by atoms with Crippen molar-refractivity contribution in [3.8, 4) is 0 Å². The minimum absolute atomic E-state index is 0.00872. The van der Waals surface area contributed by atoms with Gasteiger partial charge in [-0.25, -0.2) is 22.0 Å². The fourth-order valence-corrected chi connectivity index (χ4v) is 4.05. The minimum Gasteiger partial charge on any atom is -0.367 e. The fraction of sp³-hybridized carbons (Fsp3) is 0.167. The Bertz CT molecular complexity index is 1270. The van der Waals surface area contributed by atoms with E-state index in [9.17, 15) is 31.5 Å². The molecule has 3 aromatic rings. The van der Waals surface area contributed by atoms with Crippen LogP contribution in [0, 0.1) is 29.1 Å². The van der Waals surface area contributed by atoms with E-state index in [2.05, 4.69) is 5.32 Å². The molecule has 0 aromatic heterocycles. The molecule has 0 unspecified atom stereocenters. The Morgan fingerprint density at radius 1 is 0.771 bits per heavy atom. The van der Waals surface area contributed by atoms with Crippen LogP contribution in [0.4, 0.5) is 33.3 Å². The Morgan fingerprint density at radius 2 is 1.34 bits per heavy atom. The maximum Gasteiger partial charge on any atom is 0.261 e. The molecular weight excluding hydrogens is 493 g/mol. The van der Waals surface area contributed by atoms with E-state index in [-0.39, 0.29) is 16.6 Å². The van der Waals surface area contributed by atoms with Crippen molar-refractivity contribution < 1.29 is 31.5 Å². The van der Waals surface area contributed by atoms with Gasteiger partial charge in [0.2, 0.25) is 5.82 Å². The summed E-state index contributed by atoms with van der Waals surface area (Å²) in [6.45, 7) is 1.86. The highest BCUT2D eigenvalue weighted by atomic mass is 35.5. The van der Waals surface area contributed by atoms with Gasteiger partial charge < -0.3 is 15.1 Å². The van der Waals surface area contributed by atoms with Crippen LogP contribution in [0.2, 0.25) is 5.02 Å². The normalized spacial score (nSPS) is 13.7. The first kappa shape index (κ1) is 24.5. The Morgan fingerprint density at radius 3 is 1.91 bits per heavy atom. The molecule has 1 saturated heterocycles. The van der Waals surface area contributed by atoms with Gasteiger partial charge in [0.15, 0.2) is 23.3 Å². The van der Waals surface area contributed by atoms with Gasteiger partial charge in [-0.1, -0.05) is 29.8 Å². The van der Waals surface area contributed by atoms with Crippen LogP contribution in [0.15, 0.2) is 48.5 Å². The SMILES string of the molecule is O=C(Nc1ccc(N2CCN(C(=O)c3ccccc3)CC2)c(Cl)c1)c1c(F)c(F)c(F)c(F)c1F. The second-order valence-electron chi connectivity index (χ2n) is 7.71. The van der Waals surface area contributed by atoms with Gasteiger partial charge in [-0.3, -0.25) is 9.59 Å². The van der Waals surface area contributed by atoms with Crippen LogP contribution in [0.1, 0.15) is 20.7 Å². The number of carbonyl (C=O) groups excluding carboxylic acids is 2. The monoisotopic (exact) mass is 509 g/mol. The number of carbonyl (C=O) groups is 2. The molecular formula is C24H17ClF5N3O2. The number of halogens is 6. The van der Waals surface area contributed by atoms with Crippen LogP contribution < -0.4 is 10.2 Å². The second kappa shape index (κ2) is 9.91. The molecule has 1 fully saturated rings. The van der Waals surface area contributed by atoms with Crippen molar-refractivity contribution in [3.63, 3.8) is 0 Å². The standard InChI is InChI=1S/C24H17ClF5N3O2/c25-15-12-14(31-23(34)17-18(26)20(28)22(30)21(29)19(17)27)6-7-16(15)32-8-10-33(11-9-32)24(35)13-4-2-1-3-5-13/h1-7,12H,8-11H2,(H,31,34). The Hall–Kier alpha value is -3.66. The number of nitrogens with zero attached hydrogens (tertiary/aromatic N) is 2. The van der Waals surface area contributed by atoms with Gasteiger partial charge >= 0.3 is 0 Å². The molecule has 2 amide bonds. The van der Waals surface area contributed by atoms with Crippen LogP contribution in [0.5, 0.6) is 0 Å². The molecule has 4 rings (SSSR count). The molecule has 0 aliphatic carbocycles. The molecule has 1 aliphatic heterocycles. The van der Waals surface area contributed by atoms with Gasteiger partial charge in [0.25, 0.3) is 11.8 Å². The van der Waals surface area contributed by atoms with Crippen molar-refractivity contribution in [1.82, 2.24) is 4.90 Å². The van der Waals surface area contributed by atoms with Gasteiger partial charge in [0.05, 0.1) is 10.7 Å². The van der Waals surface area contributed by atoms with Crippen LogP contribution in [0.3, 0.4) is 0 Å². The van der Waals surface area contributed by atoms with E-state index >= 15 is 0 Å². The molecule has 0 atom stereocenters. The third kappa shape index (κ3) is 4.79. The zero-order valence-corrected chi connectivity index (χ0v) is 18.7. The highest BCUT2D eigenvalue weighted by molar-refractivity contribution is 6.33.